The van der Waals surface area contributed by atoms with Crippen molar-refractivity contribution in [1.82, 2.24) is 14.8 Å². The molecule has 3 rings (SSSR count). The quantitative estimate of drug-likeness (QED) is 0.940. The summed E-state index contributed by atoms with van der Waals surface area (Å²) in [5.41, 5.74) is 9.88. The predicted octanol–water partition coefficient (Wildman–Crippen LogP) is 3.22. The summed E-state index contributed by atoms with van der Waals surface area (Å²) in [5.74, 6) is 1.03. The van der Waals surface area contributed by atoms with E-state index in [1.807, 2.05) is 11.6 Å². The van der Waals surface area contributed by atoms with Crippen LogP contribution < -0.4 is 5.73 Å². The third-order valence-electron chi connectivity index (χ3n) is 4.09. The molecule has 2 aromatic rings. The Labute approximate surface area is 124 Å². The molecule has 0 radical (unpaired) electrons. The van der Waals surface area contributed by atoms with E-state index in [4.69, 9.17) is 10.8 Å². The number of hydrogen-bond donors (Lipinski definition) is 1. The van der Waals surface area contributed by atoms with Crippen molar-refractivity contribution >= 4 is 11.3 Å². The maximum absolute atomic E-state index is 5.81. The average molecular weight is 290 g/mol. The van der Waals surface area contributed by atoms with Crippen molar-refractivity contribution in [2.75, 3.05) is 6.54 Å². The molecule has 5 heteroatoms. The third kappa shape index (κ3) is 2.29. The maximum atomic E-state index is 5.81. The lowest BCUT2D eigenvalue weighted by Crippen LogP contribution is -2.16. The van der Waals surface area contributed by atoms with Crippen LogP contribution in [-0.4, -0.2) is 21.3 Å². The smallest absolute Gasteiger partial charge is 0.210 e. The molecular formula is C15H22N4S. The Morgan fingerprint density at radius 2 is 2.35 bits per heavy atom. The van der Waals surface area contributed by atoms with Crippen molar-refractivity contribution in [3.8, 4) is 5.13 Å². The van der Waals surface area contributed by atoms with E-state index in [0.29, 0.717) is 11.8 Å². The van der Waals surface area contributed by atoms with Crippen LogP contribution in [0.15, 0.2) is 11.6 Å². The van der Waals surface area contributed by atoms with Crippen molar-refractivity contribution in [3.05, 3.63) is 28.5 Å². The molecule has 20 heavy (non-hydrogen) atoms. The zero-order valence-electron chi connectivity index (χ0n) is 12.2. The summed E-state index contributed by atoms with van der Waals surface area (Å²) in [6.45, 7) is 5.20. The molecule has 1 unspecified atom stereocenters. The van der Waals surface area contributed by atoms with Gasteiger partial charge in [0.1, 0.15) is 0 Å². The molecule has 0 bridgehead atoms. The molecule has 4 nitrogen and oxygen atoms in total. The largest absolute Gasteiger partial charge is 0.330 e. The molecule has 0 spiro atoms. The molecule has 0 aliphatic heterocycles. The second kappa shape index (κ2) is 5.66. The lowest BCUT2D eigenvalue weighted by molar-refractivity contribution is 0.514. The van der Waals surface area contributed by atoms with Gasteiger partial charge in [-0.25, -0.2) is 9.67 Å². The normalized spacial score (nSPS) is 18.5. The van der Waals surface area contributed by atoms with Crippen molar-refractivity contribution in [1.29, 1.82) is 0 Å². The van der Waals surface area contributed by atoms with E-state index in [0.717, 1.165) is 24.5 Å². The second-order valence-electron chi connectivity index (χ2n) is 5.79. The van der Waals surface area contributed by atoms with Gasteiger partial charge in [0, 0.05) is 17.1 Å². The Hall–Kier alpha value is -1.20. The highest BCUT2D eigenvalue weighted by molar-refractivity contribution is 7.12. The van der Waals surface area contributed by atoms with Gasteiger partial charge in [-0.3, -0.25) is 0 Å². The average Bonchev–Trinajstić information content (AvgIpc) is 3.06. The Bertz CT molecular complexity index is 571. The zero-order valence-corrected chi connectivity index (χ0v) is 13.0. The summed E-state index contributed by atoms with van der Waals surface area (Å²) in [6.07, 6.45) is 6.50. The van der Waals surface area contributed by atoms with Gasteiger partial charge in [0.05, 0.1) is 11.4 Å². The molecular weight excluding hydrogens is 268 g/mol. The molecule has 0 fully saturated rings. The van der Waals surface area contributed by atoms with E-state index in [9.17, 15) is 0 Å². The molecule has 1 aliphatic rings. The van der Waals surface area contributed by atoms with Crippen LogP contribution >= 0.6 is 11.3 Å². The molecule has 0 amide bonds. The van der Waals surface area contributed by atoms with Crippen LogP contribution in [0.5, 0.6) is 0 Å². The van der Waals surface area contributed by atoms with Gasteiger partial charge in [-0.2, -0.15) is 5.10 Å². The zero-order chi connectivity index (χ0) is 14.1. The van der Waals surface area contributed by atoms with Crippen LogP contribution in [0.1, 0.15) is 61.9 Å². The molecule has 108 valence electrons. The number of hydrogen-bond acceptors (Lipinski definition) is 4. The first-order valence-electron chi connectivity index (χ1n) is 7.44. The minimum atomic E-state index is 0.448. The molecule has 1 atom stereocenters. The Kier molecular flexibility index (Phi) is 3.89. The summed E-state index contributed by atoms with van der Waals surface area (Å²) in [6, 6.07) is 0. The van der Waals surface area contributed by atoms with Crippen LogP contribution in [0.25, 0.3) is 5.13 Å². The van der Waals surface area contributed by atoms with Crippen LogP contribution in [0.3, 0.4) is 0 Å². The van der Waals surface area contributed by atoms with Crippen molar-refractivity contribution in [2.24, 2.45) is 5.73 Å². The van der Waals surface area contributed by atoms with E-state index in [2.05, 4.69) is 23.5 Å². The monoisotopic (exact) mass is 290 g/mol. The molecule has 1 aliphatic carbocycles. The summed E-state index contributed by atoms with van der Waals surface area (Å²) in [4.78, 5) is 4.43. The van der Waals surface area contributed by atoms with E-state index >= 15 is 0 Å². The minimum Gasteiger partial charge on any atom is -0.330 e. The molecule has 2 N–H and O–H groups in total. The summed E-state index contributed by atoms with van der Waals surface area (Å²) >= 11 is 1.65. The fourth-order valence-electron chi connectivity index (χ4n) is 3.22. The SMILES string of the molecule is CC(C)c1nn(-c2nccs2)c2c1C(CCN)CCC2. The number of thiazole rings is 1. The number of fused-ring (bicyclic) bond motifs is 1. The van der Waals surface area contributed by atoms with E-state index in [1.165, 1.54) is 29.8 Å². The Balaban J connectivity index is 2.13. The Morgan fingerprint density at radius 1 is 1.50 bits per heavy atom. The van der Waals surface area contributed by atoms with Gasteiger partial charge in [-0.15, -0.1) is 11.3 Å². The summed E-state index contributed by atoms with van der Waals surface area (Å²) in [7, 11) is 0. The standard InChI is InChI=1S/C15H22N4S/c1-10(2)14-13-11(6-7-16)4-3-5-12(13)19(18-14)15-17-8-9-20-15/h8-11H,3-7,16H2,1-2H3. The first kappa shape index (κ1) is 13.8. The fraction of sp³-hybridized carbons (Fsp3) is 0.600. The molecule has 0 saturated carbocycles. The van der Waals surface area contributed by atoms with Crippen LogP contribution in [0, 0.1) is 0 Å². The van der Waals surface area contributed by atoms with Gasteiger partial charge in [0.25, 0.3) is 0 Å². The van der Waals surface area contributed by atoms with Crippen molar-refractivity contribution in [3.63, 3.8) is 0 Å². The number of nitrogens with zero attached hydrogens (tertiary/aromatic N) is 3. The van der Waals surface area contributed by atoms with Gasteiger partial charge >= 0.3 is 0 Å². The number of nitrogens with two attached hydrogens (primary N) is 1. The topological polar surface area (TPSA) is 56.7 Å². The minimum absolute atomic E-state index is 0.448. The predicted molar refractivity (Wildman–Crippen MR) is 82.7 cm³/mol. The molecule has 2 aromatic heterocycles. The van der Waals surface area contributed by atoms with Gasteiger partial charge in [0.2, 0.25) is 5.13 Å². The van der Waals surface area contributed by atoms with Crippen molar-refractivity contribution in [2.45, 2.75) is 51.4 Å². The Morgan fingerprint density at radius 3 is 3.00 bits per heavy atom. The number of rotatable bonds is 4. The summed E-state index contributed by atoms with van der Waals surface area (Å²) < 4.78 is 2.08. The van der Waals surface area contributed by atoms with Gasteiger partial charge in [0.15, 0.2) is 0 Å². The van der Waals surface area contributed by atoms with Crippen LogP contribution in [0.2, 0.25) is 0 Å². The number of aromatic nitrogens is 3. The van der Waals surface area contributed by atoms with Gasteiger partial charge in [-0.1, -0.05) is 13.8 Å². The second-order valence-corrected chi connectivity index (χ2v) is 6.67. The summed E-state index contributed by atoms with van der Waals surface area (Å²) in [5, 5.41) is 7.89. The highest BCUT2D eigenvalue weighted by Crippen LogP contribution is 2.39. The molecule has 0 aromatic carbocycles. The highest BCUT2D eigenvalue weighted by atomic mass is 32.1. The first-order valence-corrected chi connectivity index (χ1v) is 8.32. The van der Waals surface area contributed by atoms with Gasteiger partial charge in [-0.05, 0) is 44.1 Å². The van der Waals surface area contributed by atoms with E-state index in [1.54, 1.807) is 11.3 Å². The highest BCUT2D eigenvalue weighted by Gasteiger charge is 2.30. The van der Waals surface area contributed by atoms with Gasteiger partial charge < -0.3 is 5.73 Å². The van der Waals surface area contributed by atoms with E-state index in [-0.39, 0.29) is 0 Å². The first-order chi connectivity index (χ1) is 9.72. The van der Waals surface area contributed by atoms with Crippen molar-refractivity contribution < 1.29 is 0 Å². The fourth-order valence-corrected chi connectivity index (χ4v) is 3.84. The lowest BCUT2D eigenvalue weighted by atomic mass is 9.81. The van der Waals surface area contributed by atoms with Crippen LogP contribution in [0.4, 0.5) is 0 Å². The third-order valence-corrected chi connectivity index (χ3v) is 4.83. The van der Waals surface area contributed by atoms with E-state index < -0.39 is 0 Å². The molecule has 0 saturated heterocycles. The lowest BCUT2D eigenvalue weighted by Gasteiger charge is -2.24. The molecule has 2 heterocycles. The van der Waals surface area contributed by atoms with Crippen LogP contribution in [-0.2, 0) is 6.42 Å². The maximum Gasteiger partial charge on any atom is 0.210 e.